The number of carbonyl (C=O) groups excluding carboxylic acids is 3. The van der Waals surface area contributed by atoms with Gasteiger partial charge in [-0.1, -0.05) is 45.8 Å². The molecule has 234 valence electrons. The van der Waals surface area contributed by atoms with Crippen LogP contribution in [0.25, 0.3) is 0 Å². The number of unbranched alkanes of at least 4 members (excludes halogenated alkanes) is 3. The molecule has 3 N–H and O–H groups in total. The van der Waals surface area contributed by atoms with Gasteiger partial charge in [0.2, 0.25) is 11.8 Å². The number of rotatable bonds is 13. The minimum atomic E-state index is -2.23. The van der Waals surface area contributed by atoms with E-state index in [0.717, 1.165) is 19.3 Å². The Kier molecular flexibility index (Phi) is 11.6. The first-order valence-corrected chi connectivity index (χ1v) is 17.9. The largest absolute Gasteiger partial charge is 0.480 e. The molecule has 3 amide bonds. The second-order valence-electron chi connectivity index (χ2n) is 14.0. The van der Waals surface area contributed by atoms with E-state index >= 15 is 0 Å². The average Bonchev–Trinajstić information content (AvgIpc) is 3.49. The van der Waals surface area contributed by atoms with E-state index < -0.39 is 49.5 Å². The Hall–Kier alpha value is -2.40. The van der Waals surface area contributed by atoms with Crippen molar-refractivity contribution in [3.63, 3.8) is 0 Å². The summed E-state index contributed by atoms with van der Waals surface area (Å²) in [4.78, 5) is 53.5. The molecule has 0 aromatic carbocycles. The molecule has 0 aromatic heterocycles. The smallest absolute Gasteiger partial charge is 0.408 e. The number of amides is 3. The summed E-state index contributed by atoms with van der Waals surface area (Å²) in [6.45, 7) is 18.1. The number of nitrogens with one attached hydrogen (secondary N) is 2. The van der Waals surface area contributed by atoms with Crippen molar-refractivity contribution < 1.29 is 33.4 Å². The molecule has 11 heteroatoms. The second-order valence-corrected chi connectivity index (χ2v) is 18.8. The normalized spacial score (nSPS) is 21.4. The quantitative estimate of drug-likeness (QED) is 0.153. The first kappa shape index (κ1) is 34.8. The third-order valence-electron chi connectivity index (χ3n) is 8.23. The number of carboxylic acids is 1. The van der Waals surface area contributed by atoms with Crippen molar-refractivity contribution in [2.75, 3.05) is 6.54 Å². The number of alkyl carbamates (subject to hydrolysis) is 1. The molecule has 0 radical (unpaired) electrons. The van der Waals surface area contributed by atoms with Crippen molar-refractivity contribution in [2.24, 2.45) is 0 Å². The fourth-order valence-corrected chi connectivity index (χ4v) is 6.02. The topological polar surface area (TPSA) is 134 Å². The van der Waals surface area contributed by atoms with Gasteiger partial charge >= 0.3 is 12.1 Å². The van der Waals surface area contributed by atoms with Crippen LogP contribution in [-0.4, -0.2) is 78.1 Å². The molecule has 1 aliphatic carbocycles. The summed E-state index contributed by atoms with van der Waals surface area (Å²) in [5.74, 6) is -1.95. The summed E-state index contributed by atoms with van der Waals surface area (Å²) in [5.41, 5.74) is -2.01. The lowest BCUT2D eigenvalue weighted by atomic mass is 10.0. The molecular weight excluding hydrogens is 542 g/mol. The van der Waals surface area contributed by atoms with Crippen LogP contribution in [0.15, 0.2) is 12.2 Å². The first-order chi connectivity index (χ1) is 18.8. The van der Waals surface area contributed by atoms with E-state index in [1.807, 2.05) is 13.0 Å². The maximum Gasteiger partial charge on any atom is 0.408 e. The van der Waals surface area contributed by atoms with E-state index in [1.165, 1.54) is 4.90 Å². The van der Waals surface area contributed by atoms with Gasteiger partial charge in [-0.15, -0.1) is 0 Å². The Morgan fingerprint density at radius 3 is 2.22 bits per heavy atom. The van der Waals surface area contributed by atoms with Gasteiger partial charge in [0.1, 0.15) is 23.2 Å². The number of nitrogens with zero attached hydrogens (tertiary/aromatic N) is 1. The Morgan fingerprint density at radius 1 is 1.07 bits per heavy atom. The molecule has 10 nitrogen and oxygen atoms in total. The molecule has 0 bridgehead atoms. The molecule has 1 saturated heterocycles. The van der Waals surface area contributed by atoms with Gasteiger partial charge in [-0.3, -0.25) is 9.59 Å². The summed E-state index contributed by atoms with van der Waals surface area (Å²) in [5, 5.41) is 15.0. The number of ether oxygens (including phenoxy) is 1. The fourth-order valence-electron chi connectivity index (χ4n) is 4.67. The molecule has 1 saturated carbocycles. The van der Waals surface area contributed by atoms with Gasteiger partial charge in [0.15, 0.2) is 8.32 Å². The van der Waals surface area contributed by atoms with Crippen molar-refractivity contribution in [1.82, 2.24) is 15.5 Å². The van der Waals surface area contributed by atoms with Gasteiger partial charge in [-0.25, -0.2) is 9.59 Å². The number of hydrogen-bond acceptors (Lipinski definition) is 6. The van der Waals surface area contributed by atoms with Crippen LogP contribution >= 0.6 is 0 Å². The summed E-state index contributed by atoms with van der Waals surface area (Å²) < 4.78 is 12.1. The van der Waals surface area contributed by atoms with Crippen LogP contribution in [0.3, 0.4) is 0 Å². The maximum atomic E-state index is 14.1. The highest BCUT2D eigenvalue weighted by molar-refractivity contribution is 6.74. The molecule has 1 aliphatic heterocycles. The number of carboxylic acid groups (broad SMARTS) is 1. The summed E-state index contributed by atoms with van der Waals surface area (Å²) in [6.07, 6.45) is 7.91. The molecule has 2 fully saturated rings. The molecule has 3 atom stereocenters. The van der Waals surface area contributed by atoms with E-state index in [4.69, 9.17) is 9.16 Å². The van der Waals surface area contributed by atoms with Crippen LogP contribution < -0.4 is 10.6 Å². The fraction of sp³-hybridized carbons (Fsp3) is 0.800. The van der Waals surface area contributed by atoms with Crippen molar-refractivity contribution in [1.29, 1.82) is 0 Å². The summed E-state index contributed by atoms with van der Waals surface area (Å²) in [7, 11) is -2.23. The van der Waals surface area contributed by atoms with Gasteiger partial charge in [0, 0.05) is 13.0 Å². The molecular formula is C30H53N3O7Si. The standard InChI is InChI=1S/C30H53N3O7Si/c1-10-11-12-13-14-15-16-22(31-27(38)39-28(2,3)4)25(35)33-20-21(40-41(8,9)29(5,6)7)19-23(33)24(34)32-30(17-18-30)26(36)37/h10-11,21-23H,12-20H2,1-9H3,(H,31,38)(H,32,34)(H,36,37)/t21-,22+,23+/m1/s1. The highest BCUT2D eigenvalue weighted by Gasteiger charge is 2.54. The molecule has 0 unspecified atom stereocenters. The number of carbonyl (C=O) groups is 4. The van der Waals surface area contributed by atoms with Crippen molar-refractivity contribution >= 4 is 32.2 Å². The van der Waals surface area contributed by atoms with Crippen LogP contribution in [-0.2, 0) is 23.5 Å². The van der Waals surface area contributed by atoms with E-state index in [1.54, 1.807) is 20.8 Å². The first-order valence-electron chi connectivity index (χ1n) is 15.0. The van der Waals surface area contributed by atoms with Gasteiger partial charge in [0.25, 0.3) is 0 Å². The van der Waals surface area contributed by atoms with E-state index in [2.05, 4.69) is 50.6 Å². The molecule has 2 rings (SSSR count). The molecule has 1 heterocycles. The minimum absolute atomic E-state index is 0.0721. The van der Waals surface area contributed by atoms with Crippen molar-refractivity contribution in [2.45, 2.75) is 147 Å². The van der Waals surface area contributed by atoms with Crippen LogP contribution in [0.4, 0.5) is 4.79 Å². The lowest BCUT2D eigenvalue weighted by Crippen LogP contribution is -2.56. The SMILES string of the molecule is CC=CCCCCC[C@H](NC(=O)OC(C)(C)C)C(=O)N1C[C@H](O[Si](C)(C)C(C)(C)C)C[C@H]1C(=O)NC1(C(=O)O)CC1. The zero-order valence-corrected chi connectivity index (χ0v) is 27.6. The number of likely N-dealkylation sites (tertiary alicyclic amines) is 1. The van der Waals surface area contributed by atoms with Crippen molar-refractivity contribution in [3.05, 3.63) is 12.2 Å². The lowest BCUT2D eigenvalue weighted by Gasteiger charge is -2.38. The zero-order valence-electron chi connectivity index (χ0n) is 26.6. The maximum absolute atomic E-state index is 14.1. The Bertz CT molecular complexity index is 980. The van der Waals surface area contributed by atoms with Crippen LogP contribution in [0.5, 0.6) is 0 Å². The number of aliphatic carboxylic acids is 1. The monoisotopic (exact) mass is 595 g/mol. The third-order valence-corrected chi connectivity index (χ3v) is 12.8. The van der Waals surface area contributed by atoms with Crippen LogP contribution in [0.1, 0.15) is 99.8 Å². The molecule has 41 heavy (non-hydrogen) atoms. The minimum Gasteiger partial charge on any atom is -0.480 e. The van der Waals surface area contributed by atoms with Crippen molar-refractivity contribution in [3.8, 4) is 0 Å². The third kappa shape index (κ3) is 10.1. The second kappa shape index (κ2) is 13.7. The molecule has 0 spiro atoms. The highest BCUT2D eigenvalue weighted by atomic mass is 28.4. The van der Waals surface area contributed by atoms with Gasteiger partial charge in [-0.2, -0.15) is 0 Å². The van der Waals surface area contributed by atoms with Gasteiger partial charge in [0.05, 0.1) is 6.10 Å². The van der Waals surface area contributed by atoms with Gasteiger partial charge < -0.3 is 29.8 Å². The zero-order chi connectivity index (χ0) is 31.2. The van der Waals surface area contributed by atoms with E-state index in [-0.39, 0.29) is 30.0 Å². The Morgan fingerprint density at radius 2 is 1.71 bits per heavy atom. The van der Waals surface area contributed by atoms with Crippen LogP contribution in [0.2, 0.25) is 18.1 Å². The predicted octanol–water partition coefficient (Wildman–Crippen LogP) is 5.13. The van der Waals surface area contributed by atoms with E-state index in [9.17, 15) is 24.3 Å². The lowest BCUT2D eigenvalue weighted by molar-refractivity contribution is -0.145. The van der Waals surface area contributed by atoms with Gasteiger partial charge in [-0.05, 0) is 77.9 Å². The summed E-state index contributed by atoms with van der Waals surface area (Å²) >= 11 is 0. The Balaban J connectivity index is 2.29. The van der Waals surface area contributed by atoms with Crippen LogP contribution in [0, 0.1) is 0 Å². The highest BCUT2D eigenvalue weighted by Crippen LogP contribution is 2.40. The summed E-state index contributed by atoms with van der Waals surface area (Å²) in [6, 6.07) is -1.78. The predicted molar refractivity (Wildman–Crippen MR) is 161 cm³/mol. The molecule has 0 aromatic rings. The molecule has 2 aliphatic rings. The Labute approximate surface area is 247 Å². The average molecular weight is 596 g/mol. The van der Waals surface area contributed by atoms with E-state index in [0.29, 0.717) is 25.7 Å². The number of hydrogen-bond donors (Lipinski definition) is 3. The number of allylic oxidation sites excluding steroid dienone is 2.